The number of urea groups is 1. The van der Waals surface area contributed by atoms with Gasteiger partial charge in [0.25, 0.3) is 0 Å². The van der Waals surface area contributed by atoms with Crippen LogP contribution in [-0.4, -0.2) is 15.4 Å². The van der Waals surface area contributed by atoms with Crippen molar-refractivity contribution in [1.82, 2.24) is 9.36 Å². The molecule has 0 fully saturated rings. The maximum atomic E-state index is 10.9. The lowest BCUT2D eigenvalue weighted by Gasteiger charge is -1.93. The molecule has 2 rings (SSSR count). The van der Waals surface area contributed by atoms with Crippen molar-refractivity contribution in [2.75, 3.05) is 5.32 Å². The lowest BCUT2D eigenvalue weighted by atomic mass is 10.2. The third-order valence-electron chi connectivity index (χ3n) is 1.75. The van der Waals surface area contributed by atoms with Crippen LogP contribution in [0, 0.1) is 0 Å². The lowest BCUT2D eigenvalue weighted by Crippen LogP contribution is -2.06. The summed E-state index contributed by atoms with van der Waals surface area (Å²) >= 11 is 5.44. The van der Waals surface area contributed by atoms with Crippen LogP contribution >= 0.6 is 11.5 Å². The zero-order valence-electron chi connectivity index (χ0n) is 7.95. The topological polar surface area (TPSA) is 67.2 Å². The van der Waals surface area contributed by atoms with Gasteiger partial charge in [0.2, 0.25) is 5.95 Å². The van der Waals surface area contributed by atoms with E-state index in [1.54, 1.807) is 0 Å². The molecule has 0 aliphatic carbocycles. The highest BCUT2D eigenvalue weighted by Gasteiger charge is 2.07. The van der Waals surface area contributed by atoms with Gasteiger partial charge in [0.05, 0.1) is 0 Å². The van der Waals surface area contributed by atoms with Gasteiger partial charge in [-0.3, -0.25) is 5.32 Å². The van der Waals surface area contributed by atoms with Gasteiger partial charge < -0.3 is 0 Å². The van der Waals surface area contributed by atoms with Gasteiger partial charge >= 0.3 is 6.03 Å². The van der Waals surface area contributed by atoms with Crippen LogP contribution < -0.4 is 5.32 Å². The highest BCUT2D eigenvalue weighted by Crippen LogP contribution is 2.22. The molecule has 0 aliphatic heterocycles. The van der Waals surface area contributed by atoms with Gasteiger partial charge in [0.1, 0.15) is 5.01 Å². The first-order chi connectivity index (χ1) is 7.79. The molecule has 0 saturated carbocycles. The smallest absolute Gasteiger partial charge is 0.273 e. The van der Waals surface area contributed by atoms with Gasteiger partial charge in [0.15, 0.2) is 0 Å². The van der Waals surface area contributed by atoms with Crippen molar-refractivity contribution < 1.29 is 4.79 Å². The molecule has 0 saturated heterocycles. The predicted molar refractivity (Wildman–Crippen MR) is 64.2 cm³/mol. The Balaban J connectivity index is 2.20. The largest absolute Gasteiger partial charge is 0.359 e. The first-order valence-electron chi connectivity index (χ1n) is 4.33. The maximum Gasteiger partial charge on any atom is 0.359 e. The van der Waals surface area contributed by atoms with E-state index >= 15 is 0 Å². The van der Waals surface area contributed by atoms with Crippen LogP contribution in [0.15, 0.2) is 34.7 Å². The van der Waals surface area contributed by atoms with Crippen LogP contribution in [0.3, 0.4) is 0 Å². The lowest BCUT2D eigenvalue weighted by molar-refractivity contribution is 0.260. The fourth-order valence-electron chi connectivity index (χ4n) is 1.09. The molecular formula is C9H6N4OS2. The number of benzene rings is 1. The third-order valence-corrected chi connectivity index (χ3v) is 2.68. The number of anilines is 1. The van der Waals surface area contributed by atoms with Crippen LogP contribution in [-0.2, 0) is 12.4 Å². The average molecular weight is 250 g/mol. The van der Waals surface area contributed by atoms with Gasteiger partial charge in [0, 0.05) is 18.0 Å². The summed E-state index contributed by atoms with van der Waals surface area (Å²) in [4.78, 5) is 15.0. The quantitative estimate of drug-likeness (QED) is 0.889. The Morgan fingerprint density at radius 1 is 1.38 bits per heavy atom. The van der Waals surface area contributed by atoms with E-state index in [0.717, 1.165) is 10.6 Å². The number of carbonyl (C=O) groups is 1. The van der Waals surface area contributed by atoms with Gasteiger partial charge in [-0.1, -0.05) is 30.3 Å². The molecule has 2 aromatic rings. The van der Waals surface area contributed by atoms with Gasteiger partial charge in [-0.2, -0.15) is 9.36 Å². The second-order valence-corrected chi connectivity index (χ2v) is 3.75. The molecule has 2 amide bonds. The van der Waals surface area contributed by atoms with Crippen molar-refractivity contribution in [3.05, 3.63) is 30.3 Å². The van der Waals surface area contributed by atoms with E-state index in [-0.39, 0.29) is 5.95 Å². The Morgan fingerprint density at radius 3 is 2.81 bits per heavy atom. The van der Waals surface area contributed by atoms with Gasteiger partial charge in [-0.25, -0.2) is 4.79 Å². The Labute approximate surface area is 101 Å². The third kappa shape index (κ3) is 2.44. The first kappa shape index (κ1) is 10.8. The highest BCUT2D eigenvalue weighted by atomic mass is 32.1. The SMILES string of the molecule is O=C(N=S)Nc1nsc(-c2ccccc2)n1. The van der Waals surface area contributed by atoms with Crippen molar-refractivity contribution >= 4 is 35.9 Å². The Morgan fingerprint density at radius 2 is 2.12 bits per heavy atom. The van der Waals surface area contributed by atoms with Gasteiger partial charge in [-0.15, -0.1) is 4.36 Å². The molecule has 0 radical (unpaired) electrons. The summed E-state index contributed by atoms with van der Waals surface area (Å²) in [7, 11) is 0. The first-order valence-corrected chi connectivity index (χ1v) is 5.47. The minimum atomic E-state index is -0.632. The van der Waals surface area contributed by atoms with Crippen LogP contribution in [0.2, 0.25) is 0 Å². The molecule has 7 heteroatoms. The molecule has 16 heavy (non-hydrogen) atoms. The summed E-state index contributed by atoms with van der Waals surface area (Å²) in [5.41, 5.74) is 0.954. The van der Waals surface area contributed by atoms with Gasteiger partial charge in [-0.05, 0) is 11.5 Å². The van der Waals surface area contributed by atoms with Crippen molar-refractivity contribution in [2.45, 2.75) is 0 Å². The summed E-state index contributed by atoms with van der Waals surface area (Å²) < 4.78 is 7.00. The Kier molecular flexibility index (Phi) is 3.28. The standard InChI is InChI=1S/C9H6N4OS2/c14-9(12-15)11-8-10-7(16-13-8)6-4-2-1-3-5-6/h1-5H,(H,11,13,14). The highest BCUT2D eigenvalue weighted by molar-refractivity contribution is 7.47. The van der Waals surface area contributed by atoms with Crippen molar-refractivity contribution in [1.29, 1.82) is 0 Å². The second-order valence-electron chi connectivity index (χ2n) is 2.81. The number of rotatable bonds is 2. The van der Waals surface area contributed by atoms with Crippen LogP contribution in [0.4, 0.5) is 10.7 Å². The predicted octanol–water partition coefficient (Wildman–Crippen LogP) is 2.47. The van der Waals surface area contributed by atoms with Crippen molar-refractivity contribution in [3.63, 3.8) is 0 Å². The zero-order valence-corrected chi connectivity index (χ0v) is 9.59. The molecule has 1 N–H and O–H groups in total. The summed E-state index contributed by atoms with van der Waals surface area (Å²) in [5, 5.41) is 3.10. The molecule has 0 bridgehead atoms. The van der Waals surface area contributed by atoms with Crippen LogP contribution in [0.25, 0.3) is 10.6 Å². The summed E-state index contributed by atoms with van der Waals surface area (Å²) in [5.74, 6) is 0.224. The van der Waals surface area contributed by atoms with E-state index in [1.165, 1.54) is 11.5 Å². The number of amides is 2. The average Bonchev–Trinajstić information content (AvgIpc) is 2.78. The molecule has 80 valence electrons. The second kappa shape index (κ2) is 4.86. The summed E-state index contributed by atoms with van der Waals surface area (Å²) in [6.45, 7) is 0. The number of nitrogens with zero attached hydrogens (tertiary/aromatic N) is 3. The summed E-state index contributed by atoms with van der Waals surface area (Å²) in [6, 6.07) is 8.95. The minimum absolute atomic E-state index is 0.224. The van der Waals surface area contributed by atoms with E-state index in [2.05, 4.69) is 31.5 Å². The number of hydrogen-bond donors (Lipinski definition) is 1. The number of nitrogens with one attached hydrogen (secondary N) is 1. The molecule has 1 aromatic carbocycles. The van der Waals surface area contributed by atoms with E-state index < -0.39 is 6.03 Å². The molecule has 0 spiro atoms. The zero-order chi connectivity index (χ0) is 11.4. The number of aromatic nitrogens is 2. The fraction of sp³-hybridized carbons (Fsp3) is 0. The maximum absolute atomic E-state index is 10.9. The molecule has 0 atom stereocenters. The van der Waals surface area contributed by atoms with E-state index in [1.807, 2.05) is 30.3 Å². The molecule has 1 heterocycles. The minimum Gasteiger partial charge on any atom is -0.273 e. The van der Waals surface area contributed by atoms with E-state index in [9.17, 15) is 4.79 Å². The van der Waals surface area contributed by atoms with Crippen molar-refractivity contribution in [2.24, 2.45) is 4.36 Å². The molecule has 5 nitrogen and oxygen atoms in total. The molecule has 0 unspecified atom stereocenters. The van der Waals surface area contributed by atoms with Crippen molar-refractivity contribution in [3.8, 4) is 10.6 Å². The van der Waals surface area contributed by atoms with E-state index in [4.69, 9.17) is 0 Å². The monoisotopic (exact) mass is 250 g/mol. The molecule has 1 aromatic heterocycles. The van der Waals surface area contributed by atoms with E-state index in [0.29, 0.717) is 0 Å². The number of hydrogen-bond acceptors (Lipinski definition) is 5. The van der Waals surface area contributed by atoms with Crippen LogP contribution in [0.1, 0.15) is 0 Å². The molecule has 0 aliphatic rings. The fourth-order valence-corrected chi connectivity index (χ4v) is 1.76. The number of carbonyl (C=O) groups excluding carboxylic acids is 1. The Hall–Kier alpha value is -1.73. The van der Waals surface area contributed by atoms with Crippen LogP contribution in [0.5, 0.6) is 0 Å². The molecular weight excluding hydrogens is 244 g/mol. The normalized spacial score (nSPS) is 9.75. The Bertz CT molecular complexity index is 511. The summed E-state index contributed by atoms with van der Waals surface area (Å²) in [6.07, 6.45) is 0.